The molecule has 174 valence electrons. The molecule has 0 aliphatic carbocycles. The number of aryl methyl sites for hydroxylation is 1. The van der Waals surface area contributed by atoms with Gasteiger partial charge in [-0.25, -0.2) is 13.2 Å². The molecule has 1 aliphatic rings. The van der Waals surface area contributed by atoms with E-state index in [1.165, 1.54) is 23.1 Å². The van der Waals surface area contributed by atoms with Gasteiger partial charge in [-0.3, -0.25) is 4.79 Å². The first-order chi connectivity index (χ1) is 15.0. The van der Waals surface area contributed by atoms with Gasteiger partial charge in [-0.05, 0) is 57.8 Å². The molecule has 1 fully saturated rings. The third-order valence-corrected chi connectivity index (χ3v) is 5.41. The lowest BCUT2D eigenvalue weighted by atomic mass is 9.92. The van der Waals surface area contributed by atoms with Crippen LogP contribution in [-0.4, -0.2) is 72.7 Å². The quantitative estimate of drug-likeness (QED) is 0.606. The van der Waals surface area contributed by atoms with Gasteiger partial charge in [0.15, 0.2) is 11.6 Å². The minimum absolute atomic E-state index is 0.0633. The molecule has 6 nitrogen and oxygen atoms in total. The molecule has 3 rings (SSSR count). The van der Waals surface area contributed by atoms with Crippen LogP contribution in [0.15, 0.2) is 30.3 Å². The number of hydrogen-bond donors (Lipinski definition) is 2. The Bertz CT molecular complexity index is 993. The number of nitrogens with zero attached hydrogens (tertiary/aromatic N) is 2. The number of anilines is 2. The van der Waals surface area contributed by atoms with E-state index in [1.807, 2.05) is 25.9 Å². The Morgan fingerprint density at radius 1 is 1.19 bits per heavy atom. The van der Waals surface area contributed by atoms with Gasteiger partial charge < -0.3 is 25.5 Å². The summed E-state index contributed by atoms with van der Waals surface area (Å²) in [5.41, 5.74) is -0.778. The largest absolute Gasteiger partial charge is 0.437 e. The summed E-state index contributed by atoms with van der Waals surface area (Å²) in [7, 11) is 3.93. The summed E-state index contributed by atoms with van der Waals surface area (Å²) in [6, 6.07) is 6.52. The number of likely N-dealkylation sites (tertiary alicyclic amines) is 1. The topological polar surface area (TPSA) is 70.5 Å². The predicted octanol–water partition coefficient (Wildman–Crippen LogP) is 2.61. The Morgan fingerprint density at radius 2 is 1.88 bits per heavy atom. The third-order valence-electron chi connectivity index (χ3n) is 5.41. The van der Waals surface area contributed by atoms with Gasteiger partial charge in [-0.2, -0.15) is 0 Å². The van der Waals surface area contributed by atoms with Gasteiger partial charge in [-0.15, -0.1) is 0 Å². The monoisotopic (exact) mass is 451 g/mol. The van der Waals surface area contributed by atoms with E-state index in [4.69, 9.17) is 5.11 Å². The maximum absolute atomic E-state index is 14.6. The van der Waals surface area contributed by atoms with Crippen LogP contribution in [0.3, 0.4) is 0 Å². The van der Waals surface area contributed by atoms with Crippen molar-refractivity contribution in [3.05, 3.63) is 58.9 Å². The highest BCUT2D eigenvalue weighted by molar-refractivity contribution is 6.01. The van der Waals surface area contributed by atoms with Crippen molar-refractivity contribution in [3.63, 3.8) is 0 Å². The first-order valence-corrected chi connectivity index (χ1v) is 10.4. The Morgan fingerprint density at radius 3 is 2.50 bits per heavy atom. The lowest BCUT2D eigenvalue weighted by Gasteiger charge is -2.43. The number of carbonyl (C=O) groups excluding carboxylic acids is 1. The molecule has 1 heterocycles. The number of carbonyl (C=O) groups is 1. The smallest absolute Gasteiger partial charge is 0.256 e. The normalized spacial score (nSPS) is 16.1. The second-order valence-corrected chi connectivity index (χ2v) is 8.88. The van der Waals surface area contributed by atoms with Gasteiger partial charge in [0.05, 0.1) is 36.6 Å². The zero-order valence-electron chi connectivity index (χ0n) is 18.7. The van der Waals surface area contributed by atoms with Crippen molar-refractivity contribution in [2.24, 2.45) is 0 Å². The zero-order chi connectivity index (χ0) is 23.6. The van der Waals surface area contributed by atoms with Crippen LogP contribution in [0, 0.1) is 24.4 Å². The molecular weight excluding hydrogens is 421 g/mol. The molecule has 1 aliphatic heterocycles. The van der Waals surface area contributed by atoms with Gasteiger partial charge >= 0.3 is 0 Å². The number of rotatable bonds is 8. The number of nitrogens with one attached hydrogen (secondary N) is 2. The number of halogens is 3. The number of likely N-dealkylation sites (N-methyl/N-ethyl adjacent to an activating group) is 1. The summed E-state index contributed by atoms with van der Waals surface area (Å²) in [5.74, 6) is -3.58. The van der Waals surface area contributed by atoms with E-state index in [0.29, 0.717) is 12.1 Å². The van der Waals surface area contributed by atoms with Gasteiger partial charge in [0.25, 0.3) is 5.91 Å². The minimum atomic E-state index is -1.26. The lowest BCUT2D eigenvalue weighted by Crippen LogP contribution is -2.68. The fraction of sp³-hybridized carbons (Fsp3) is 0.435. The molecule has 0 saturated carbocycles. The molecule has 0 bridgehead atoms. The molecule has 0 spiro atoms. The molecule has 0 radical (unpaired) electrons. The first kappa shape index (κ1) is 24.0. The lowest BCUT2D eigenvalue weighted by molar-refractivity contribution is -0.0797. The Kier molecular flexibility index (Phi) is 7.12. The van der Waals surface area contributed by atoms with E-state index in [9.17, 15) is 18.0 Å². The Labute approximate surface area is 186 Å². The van der Waals surface area contributed by atoms with Gasteiger partial charge in [0, 0.05) is 12.6 Å². The third kappa shape index (κ3) is 5.40. The van der Waals surface area contributed by atoms with Crippen molar-refractivity contribution in [3.8, 4) is 0 Å². The van der Waals surface area contributed by atoms with Crippen LogP contribution in [0.2, 0.25) is 0 Å². The summed E-state index contributed by atoms with van der Waals surface area (Å²) >= 11 is 0. The van der Waals surface area contributed by atoms with E-state index in [1.54, 1.807) is 13.0 Å². The minimum Gasteiger partial charge on any atom is -0.437 e. The molecule has 32 heavy (non-hydrogen) atoms. The summed E-state index contributed by atoms with van der Waals surface area (Å²) in [4.78, 5) is 16.5. The molecule has 4 N–H and O–H groups in total. The van der Waals surface area contributed by atoms with E-state index in [0.717, 1.165) is 12.6 Å². The zero-order valence-corrected chi connectivity index (χ0v) is 18.7. The standard InChI is InChI=1S/C23H29F3N4O2/c1-14-5-8-19(18(25)9-14)28-21-16(6-7-17(24)20(21)26)22(31)30-12-23(32,13-30)11-27-15(2)10-29(3)4/h5-9,15,27-28,32H,10-13H2,1-4H3/p+1. The van der Waals surface area contributed by atoms with Crippen molar-refractivity contribution in [2.75, 3.05) is 45.6 Å². The molecule has 1 amide bonds. The van der Waals surface area contributed by atoms with Crippen molar-refractivity contribution in [2.45, 2.75) is 25.5 Å². The highest BCUT2D eigenvalue weighted by atomic mass is 19.2. The van der Waals surface area contributed by atoms with Gasteiger partial charge in [-0.1, -0.05) is 6.07 Å². The molecule has 1 unspecified atom stereocenters. The van der Waals surface area contributed by atoms with Crippen molar-refractivity contribution < 1.29 is 23.1 Å². The fourth-order valence-corrected chi connectivity index (χ4v) is 3.80. The SMILES string of the molecule is Cc1ccc(Nc2c(C(=O)N3CC([OH2+])(CNC(C)CN(C)C)C3)ccc(F)c2F)c(F)c1. The van der Waals surface area contributed by atoms with Crippen LogP contribution < -0.4 is 10.6 Å². The summed E-state index contributed by atoms with van der Waals surface area (Å²) in [6.45, 7) is 5.27. The summed E-state index contributed by atoms with van der Waals surface area (Å²) < 4.78 is 42.7. The number of hydrogen-bond acceptors (Lipinski definition) is 4. The highest BCUT2D eigenvalue weighted by Gasteiger charge is 2.48. The molecule has 2 aromatic carbocycles. The maximum Gasteiger partial charge on any atom is 0.256 e. The van der Waals surface area contributed by atoms with E-state index in [-0.39, 0.29) is 30.4 Å². The number of amides is 1. The number of benzene rings is 2. The van der Waals surface area contributed by atoms with Crippen molar-refractivity contribution in [1.82, 2.24) is 15.1 Å². The second kappa shape index (κ2) is 9.48. The molecule has 1 atom stereocenters. The highest BCUT2D eigenvalue weighted by Crippen LogP contribution is 2.31. The van der Waals surface area contributed by atoms with Crippen molar-refractivity contribution >= 4 is 17.3 Å². The van der Waals surface area contributed by atoms with Crippen LogP contribution >= 0.6 is 0 Å². The van der Waals surface area contributed by atoms with E-state index < -0.39 is 34.6 Å². The second-order valence-electron chi connectivity index (χ2n) is 8.88. The Hall–Kier alpha value is -2.62. The van der Waals surface area contributed by atoms with Gasteiger partial charge in [0.2, 0.25) is 5.60 Å². The maximum atomic E-state index is 14.6. The molecule has 9 heteroatoms. The van der Waals surface area contributed by atoms with Crippen LogP contribution in [-0.2, 0) is 0 Å². The van der Waals surface area contributed by atoms with E-state index >= 15 is 0 Å². The van der Waals surface area contributed by atoms with Crippen LogP contribution in [0.1, 0.15) is 22.8 Å². The predicted molar refractivity (Wildman–Crippen MR) is 119 cm³/mol. The Balaban J connectivity index is 1.73. The average Bonchev–Trinajstić information content (AvgIpc) is 2.68. The van der Waals surface area contributed by atoms with E-state index in [2.05, 4.69) is 10.6 Å². The molecule has 2 aromatic rings. The molecule has 1 saturated heterocycles. The van der Waals surface area contributed by atoms with Gasteiger partial charge in [0.1, 0.15) is 5.82 Å². The van der Waals surface area contributed by atoms with Crippen molar-refractivity contribution in [1.29, 1.82) is 0 Å². The van der Waals surface area contributed by atoms with Crippen LogP contribution in [0.5, 0.6) is 0 Å². The average molecular weight is 452 g/mol. The van der Waals surface area contributed by atoms with Crippen LogP contribution in [0.25, 0.3) is 0 Å². The molecular formula is C23H30F3N4O2+. The fourth-order valence-electron chi connectivity index (χ4n) is 3.80. The molecule has 0 aromatic heterocycles. The first-order valence-electron chi connectivity index (χ1n) is 10.4. The van der Waals surface area contributed by atoms with Crippen LogP contribution in [0.4, 0.5) is 24.5 Å². The summed E-state index contributed by atoms with van der Waals surface area (Å²) in [5, 5.41) is 14.3. The summed E-state index contributed by atoms with van der Waals surface area (Å²) in [6.07, 6.45) is 0.